The van der Waals surface area contributed by atoms with Gasteiger partial charge in [-0.1, -0.05) is 6.07 Å². The van der Waals surface area contributed by atoms with Gasteiger partial charge in [0.1, 0.15) is 5.76 Å². The molecule has 1 amide bonds. The molecule has 2 N–H and O–H groups in total. The van der Waals surface area contributed by atoms with E-state index >= 15 is 0 Å². The molecule has 0 bridgehead atoms. The molecular weight excluding hydrogens is 294 g/mol. The van der Waals surface area contributed by atoms with Gasteiger partial charge < -0.3 is 19.6 Å². The lowest BCUT2D eigenvalue weighted by Crippen LogP contribution is -2.42. The topological polar surface area (TPSA) is 88.8 Å². The first-order chi connectivity index (χ1) is 10.0. The molecular formula is C14H15NO5S. The molecule has 7 heteroatoms. The van der Waals surface area contributed by atoms with E-state index in [2.05, 4.69) is 10.1 Å². The molecule has 0 aromatic carbocycles. The molecule has 0 aliphatic rings. The van der Waals surface area contributed by atoms with E-state index < -0.39 is 17.5 Å². The van der Waals surface area contributed by atoms with Crippen LogP contribution in [0.15, 0.2) is 40.3 Å². The van der Waals surface area contributed by atoms with Gasteiger partial charge in [0, 0.05) is 11.8 Å². The molecule has 0 spiro atoms. The second-order valence-electron chi connectivity index (χ2n) is 4.37. The molecule has 1 unspecified atom stereocenters. The van der Waals surface area contributed by atoms with E-state index in [4.69, 9.17) is 4.42 Å². The molecule has 112 valence electrons. The first kappa shape index (κ1) is 15.3. The summed E-state index contributed by atoms with van der Waals surface area (Å²) < 4.78 is 9.87. The van der Waals surface area contributed by atoms with Crippen molar-refractivity contribution in [2.75, 3.05) is 13.2 Å². The summed E-state index contributed by atoms with van der Waals surface area (Å²) in [5.41, 5.74) is -1.45. The second kappa shape index (κ2) is 6.55. The number of carbonyl (C=O) groups excluding carboxylic acids is 2. The predicted octanol–water partition coefficient (Wildman–Crippen LogP) is 1.26. The number of aliphatic hydroxyl groups is 1. The van der Waals surface area contributed by atoms with E-state index in [1.54, 1.807) is 24.3 Å². The van der Waals surface area contributed by atoms with Crippen molar-refractivity contribution in [3.05, 3.63) is 46.5 Å². The van der Waals surface area contributed by atoms with Crippen LogP contribution in [-0.4, -0.2) is 30.1 Å². The fourth-order valence-electron chi connectivity index (χ4n) is 1.77. The normalized spacial score (nSPS) is 13.4. The number of nitrogens with one attached hydrogen (secondary N) is 1. The van der Waals surface area contributed by atoms with Gasteiger partial charge in [0.05, 0.1) is 12.8 Å². The van der Waals surface area contributed by atoms with Crippen molar-refractivity contribution in [3.63, 3.8) is 0 Å². The van der Waals surface area contributed by atoms with Crippen molar-refractivity contribution in [3.8, 4) is 0 Å². The largest absolute Gasteiger partial charge is 0.466 e. The summed E-state index contributed by atoms with van der Waals surface area (Å²) >= 11 is 1.35. The van der Waals surface area contributed by atoms with Crippen molar-refractivity contribution >= 4 is 23.2 Å². The summed E-state index contributed by atoms with van der Waals surface area (Å²) in [5, 5.41) is 15.2. The zero-order valence-corrected chi connectivity index (χ0v) is 12.2. The van der Waals surface area contributed by atoms with Gasteiger partial charge in [-0.15, -0.1) is 11.3 Å². The highest BCUT2D eigenvalue weighted by molar-refractivity contribution is 7.10. The van der Waals surface area contributed by atoms with Gasteiger partial charge in [-0.05, 0) is 23.6 Å². The van der Waals surface area contributed by atoms with Gasteiger partial charge in [0.15, 0.2) is 12.2 Å². The van der Waals surface area contributed by atoms with Crippen molar-refractivity contribution in [1.29, 1.82) is 0 Å². The number of hydrogen-bond acceptors (Lipinski definition) is 6. The van der Waals surface area contributed by atoms with E-state index in [1.165, 1.54) is 24.5 Å². The molecule has 2 aromatic heterocycles. The van der Waals surface area contributed by atoms with Crippen LogP contribution >= 0.6 is 11.3 Å². The molecule has 1 atom stereocenters. The van der Waals surface area contributed by atoms with Crippen molar-refractivity contribution in [2.24, 2.45) is 0 Å². The molecule has 6 nitrogen and oxygen atoms in total. The molecule has 2 heterocycles. The predicted molar refractivity (Wildman–Crippen MR) is 75.7 cm³/mol. The average Bonchev–Trinajstić information content (AvgIpc) is 3.14. The van der Waals surface area contributed by atoms with Crippen LogP contribution in [0.1, 0.15) is 17.6 Å². The lowest BCUT2D eigenvalue weighted by atomic mass is 9.98. The zero-order chi connectivity index (χ0) is 15.3. The SMILES string of the molecule is CC(=O)OCC(=O)NCC(O)(c1ccco1)c1cccs1. The standard InChI is InChI=1S/C14H15NO5S/c1-10(16)20-8-13(17)15-9-14(18,11-4-2-6-19-11)12-5-3-7-21-12/h2-7,18H,8-9H2,1H3,(H,15,17). The Kier molecular flexibility index (Phi) is 4.77. The summed E-state index contributed by atoms with van der Waals surface area (Å²) in [5.74, 6) is -0.700. The third kappa shape index (κ3) is 3.71. The van der Waals surface area contributed by atoms with Gasteiger partial charge in [-0.2, -0.15) is 0 Å². The number of carbonyl (C=O) groups is 2. The van der Waals surface area contributed by atoms with Crippen LogP contribution in [0.2, 0.25) is 0 Å². The Morgan fingerprint density at radius 2 is 2.24 bits per heavy atom. The number of thiophene rings is 1. The number of amides is 1. The Hall–Kier alpha value is -2.12. The number of hydrogen-bond donors (Lipinski definition) is 2. The molecule has 0 fully saturated rings. The van der Waals surface area contributed by atoms with Crippen LogP contribution in [0.3, 0.4) is 0 Å². The van der Waals surface area contributed by atoms with E-state index in [9.17, 15) is 14.7 Å². The van der Waals surface area contributed by atoms with Gasteiger partial charge in [0.2, 0.25) is 0 Å². The zero-order valence-electron chi connectivity index (χ0n) is 11.4. The van der Waals surface area contributed by atoms with Crippen LogP contribution in [0.5, 0.6) is 0 Å². The Balaban J connectivity index is 2.08. The third-order valence-corrected chi connectivity index (χ3v) is 3.83. The third-order valence-electron chi connectivity index (χ3n) is 2.81. The first-order valence-electron chi connectivity index (χ1n) is 6.23. The molecule has 2 rings (SSSR count). The van der Waals surface area contributed by atoms with Gasteiger partial charge in [-0.25, -0.2) is 0 Å². The maximum absolute atomic E-state index is 11.6. The molecule has 0 saturated heterocycles. The van der Waals surface area contributed by atoms with Crippen molar-refractivity contribution in [2.45, 2.75) is 12.5 Å². The van der Waals surface area contributed by atoms with E-state index in [-0.39, 0.29) is 13.2 Å². The molecule has 0 saturated carbocycles. The fourth-order valence-corrected chi connectivity index (χ4v) is 2.60. The van der Waals surface area contributed by atoms with Gasteiger partial charge >= 0.3 is 5.97 Å². The molecule has 0 radical (unpaired) electrons. The van der Waals surface area contributed by atoms with E-state index in [1.807, 2.05) is 5.38 Å². The highest BCUT2D eigenvalue weighted by Crippen LogP contribution is 2.32. The Bertz CT molecular complexity index is 557. The second-order valence-corrected chi connectivity index (χ2v) is 5.32. The van der Waals surface area contributed by atoms with Gasteiger partial charge in [0.25, 0.3) is 5.91 Å². The first-order valence-corrected chi connectivity index (χ1v) is 7.11. The fraction of sp³-hybridized carbons (Fsp3) is 0.286. The molecule has 0 aliphatic heterocycles. The Labute approximate surface area is 125 Å². The highest BCUT2D eigenvalue weighted by atomic mass is 32.1. The maximum Gasteiger partial charge on any atom is 0.303 e. The van der Waals surface area contributed by atoms with Crippen LogP contribution in [0, 0.1) is 0 Å². The van der Waals surface area contributed by atoms with Crippen molar-refractivity contribution < 1.29 is 23.8 Å². The van der Waals surface area contributed by atoms with Gasteiger partial charge in [-0.3, -0.25) is 9.59 Å². The van der Waals surface area contributed by atoms with Crippen molar-refractivity contribution in [1.82, 2.24) is 5.32 Å². The summed E-state index contributed by atoms with van der Waals surface area (Å²) in [7, 11) is 0. The number of rotatable bonds is 6. The summed E-state index contributed by atoms with van der Waals surface area (Å²) in [6.07, 6.45) is 1.45. The minimum absolute atomic E-state index is 0.0822. The molecule has 2 aromatic rings. The smallest absolute Gasteiger partial charge is 0.303 e. The monoisotopic (exact) mass is 309 g/mol. The minimum atomic E-state index is -1.45. The van der Waals surface area contributed by atoms with E-state index in [0.29, 0.717) is 10.6 Å². The average molecular weight is 309 g/mol. The highest BCUT2D eigenvalue weighted by Gasteiger charge is 2.36. The maximum atomic E-state index is 11.6. The summed E-state index contributed by atoms with van der Waals surface area (Å²) in [6.45, 7) is 0.757. The van der Waals surface area contributed by atoms with Crippen LogP contribution < -0.4 is 5.32 Å². The van der Waals surface area contributed by atoms with E-state index in [0.717, 1.165) is 0 Å². The Morgan fingerprint density at radius 1 is 1.43 bits per heavy atom. The number of ether oxygens (including phenoxy) is 1. The molecule has 0 aliphatic carbocycles. The Morgan fingerprint density at radius 3 is 2.81 bits per heavy atom. The summed E-state index contributed by atoms with van der Waals surface area (Å²) in [6, 6.07) is 6.85. The lowest BCUT2D eigenvalue weighted by Gasteiger charge is -2.25. The number of furan rings is 1. The quantitative estimate of drug-likeness (QED) is 0.784. The van der Waals surface area contributed by atoms with Crippen LogP contribution in [0.25, 0.3) is 0 Å². The minimum Gasteiger partial charge on any atom is -0.466 e. The van der Waals surface area contributed by atoms with Crippen LogP contribution in [0.4, 0.5) is 0 Å². The molecule has 21 heavy (non-hydrogen) atoms. The lowest BCUT2D eigenvalue weighted by molar-refractivity contribution is -0.146. The number of esters is 1. The summed E-state index contributed by atoms with van der Waals surface area (Å²) in [4.78, 5) is 22.9. The van der Waals surface area contributed by atoms with Crippen LogP contribution in [-0.2, 0) is 19.9 Å².